The van der Waals surface area contributed by atoms with Crippen molar-refractivity contribution in [3.8, 4) is 0 Å². The fraction of sp³-hybridized carbons (Fsp3) is 0.129. The zero-order valence-electron chi connectivity index (χ0n) is 23.5. The van der Waals surface area contributed by atoms with Gasteiger partial charge in [-0.05, 0) is 48.5 Å². The molecule has 2 N–H and O–H groups in total. The lowest BCUT2D eigenvalue weighted by molar-refractivity contribution is 0.128. The summed E-state index contributed by atoms with van der Waals surface area (Å²) in [6.45, 7) is 0.152. The van der Waals surface area contributed by atoms with Crippen molar-refractivity contribution in [3.63, 3.8) is 0 Å². The van der Waals surface area contributed by atoms with Crippen LogP contribution in [0, 0.1) is 0 Å². The van der Waals surface area contributed by atoms with Gasteiger partial charge in [-0.1, -0.05) is 40.5 Å². The molecule has 0 bridgehead atoms. The summed E-state index contributed by atoms with van der Waals surface area (Å²) in [5.41, 5.74) is 3.64. The van der Waals surface area contributed by atoms with E-state index in [-0.39, 0.29) is 24.3 Å². The summed E-state index contributed by atoms with van der Waals surface area (Å²) >= 11 is 12.7. The molecule has 0 aliphatic rings. The van der Waals surface area contributed by atoms with Crippen molar-refractivity contribution in [2.75, 3.05) is 0 Å². The molecule has 0 fully saturated rings. The largest absolute Gasteiger partial charge is 0.389 e. The lowest BCUT2D eigenvalue weighted by atomic mass is 10.1. The number of nitrogens with one attached hydrogen (secondary N) is 2. The number of halogens is 2. The maximum atomic E-state index is 13.8. The first-order valence-electron chi connectivity index (χ1n) is 13.6. The van der Waals surface area contributed by atoms with Gasteiger partial charge in [0.25, 0.3) is 5.56 Å². The van der Waals surface area contributed by atoms with Crippen LogP contribution in [0.1, 0.15) is 22.8 Å². The number of aryl methyl sites for hydroxylation is 2. The molecule has 0 atom stereocenters. The van der Waals surface area contributed by atoms with Crippen LogP contribution >= 0.6 is 23.2 Å². The van der Waals surface area contributed by atoms with Gasteiger partial charge in [0, 0.05) is 69.6 Å². The number of aromatic amines is 2. The van der Waals surface area contributed by atoms with E-state index in [2.05, 4.69) is 20.1 Å². The van der Waals surface area contributed by atoms with E-state index in [4.69, 9.17) is 33.0 Å². The molecule has 0 spiro atoms. The molecule has 0 aliphatic heterocycles. The van der Waals surface area contributed by atoms with E-state index < -0.39 is 11.2 Å². The van der Waals surface area contributed by atoms with Crippen molar-refractivity contribution < 1.29 is 4.84 Å². The van der Waals surface area contributed by atoms with Gasteiger partial charge in [-0.25, -0.2) is 9.78 Å². The van der Waals surface area contributed by atoms with E-state index in [1.807, 2.05) is 42.5 Å². The standard InChI is InChI=1S/C31H24Cl2N8O3/c1-39-27-29(40(2)31(43)41(30(27)42)15-18-13-20-22(32)5-3-7-24(20)35-18)37-28(39)26(17-9-11-34-12-10-17)38-44-16-19-14-21-23(33)6-4-8-25(21)36-19/h3-14,35-36H,15-16H2,1-2H3/b38-26+. The van der Waals surface area contributed by atoms with Crippen LogP contribution in [-0.2, 0) is 32.1 Å². The summed E-state index contributed by atoms with van der Waals surface area (Å²) in [5.74, 6) is 0.341. The highest BCUT2D eigenvalue weighted by Crippen LogP contribution is 2.25. The van der Waals surface area contributed by atoms with Crippen molar-refractivity contribution in [1.82, 2.24) is 33.6 Å². The van der Waals surface area contributed by atoms with Crippen molar-refractivity contribution in [2.45, 2.75) is 13.2 Å². The van der Waals surface area contributed by atoms with Crippen molar-refractivity contribution in [2.24, 2.45) is 19.3 Å². The summed E-state index contributed by atoms with van der Waals surface area (Å²) in [6, 6.07) is 18.4. The van der Waals surface area contributed by atoms with E-state index in [1.165, 1.54) is 9.13 Å². The summed E-state index contributed by atoms with van der Waals surface area (Å²) in [7, 11) is 3.29. The number of imidazole rings is 1. The first kappa shape index (κ1) is 27.7. The Morgan fingerprint density at radius 3 is 2.18 bits per heavy atom. The number of rotatable bonds is 7. The fourth-order valence-electron chi connectivity index (χ4n) is 5.38. The molecule has 0 amide bonds. The van der Waals surface area contributed by atoms with Gasteiger partial charge in [0.15, 0.2) is 29.3 Å². The topological polar surface area (TPSA) is 128 Å². The molecule has 7 aromatic rings. The molecule has 0 saturated carbocycles. The van der Waals surface area contributed by atoms with Gasteiger partial charge >= 0.3 is 5.69 Å². The SMILES string of the molecule is Cn1c(/C(=N/OCc2cc3c(Cl)cccc3[nH]2)c2ccncc2)nc2c1c(=O)n(Cc1cc3c(Cl)cccc3[nH]1)c(=O)n2C. The van der Waals surface area contributed by atoms with Gasteiger partial charge < -0.3 is 19.4 Å². The minimum absolute atomic E-state index is 0.0237. The molecular formula is C31H24Cl2N8O3. The van der Waals surface area contributed by atoms with Gasteiger partial charge in [-0.15, -0.1) is 0 Å². The summed E-state index contributed by atoms with van der Waals surface area (Å²) in [5, 5.41) is 7.36. The Kier molecular flexibility index (Phi) is 6.83. The number of fused-ring (bicyclic) bond motifs is 3. The molecule has 5 aromatic heterocycles. The number of hydrogen-bond donors (Lipinski definition) is 2. The minimum atomic E-state index is -0.506. The van der Waals surface area contributed by atoms with Crippen LogP contribution in [0.15, 0.2) is 87.8 Å². The summed E-state index contributed by atoms with van der Waals surface area (Å²) < 4.78 is 4.16. The molecule has 7 rings (SSSR count). The van der Waals surface area contributed by atoms with E-state index in [0.717, 1.165) is 27.5 Å². The third kappa shape index (κ3) is 4.66. The molecule has 0 unspecified atom stereocenters. The van der Waals surface area contributed by atoms with Gasteiger partial charge in [-0.3, -0.25) is 18.9 Å². The zero-order chi connectivity index (χ0) is 30.5. The van der Waals surface area contributed by atoms with Gasteiger partial charge in [-0.2, -0.15) is 0 Å². The van der Waals surface area contributed by atoms with Crippen LogP contribution in [0.4, 0.5) is 0 Å². The maximum Gasteiger partial charge on any atom is 0.332 e. The number of H-pyrrole nitrogens is 2. The van der Waals surface area contributed by atoms with Crippen LogP contribution in [0.2, 0.25) is 10.0 Å². The summed E-state index contributed by atoms with van der Waals surface area (Å²) in [4.78, 5) is 48.4. The third-order valence-electron chi connectivity index (χ3n) is 7.56. The number of benzene rings is 2. The van der Waals surface area contributed by atoms with Crippen LogP contribution in [-0.4, -0.2) is 39.3 Å². The first-order valence-corrected chi connectivity index (χ1v) is 14.3. The van der Waals surface area contributed by atoms with Crippen molar-refractivity contribution >= 4 is 61.9 Å². The molecule has 11 nitrogen and oxygen atoms in total. The second kappa shape index (κ2) is 10.9. The van der Waals surface area contributed by atoms with Gasteiger partial charge in [0.1, 0.15) is 0 Å². The Bertz CT molecular complexity index is 2360. The van der Waals surface area contributed by atoms with Crippen molar-refractivity contribution in [1.29, 1.82) is 0 Å². The summed E-state index contributed by atoms with van der Waals surface area (Å²) in [6.07, 6.45) is 3.26. The highest BCUT2D eigenvalue weighted by molar-refractivity contribution is 6.35. The Labute approximate surface area is 259 Å². The third-order valence-corrected chi connectivity index (χ3v) is 8.22. The van der Waals surface area contributed by atoms with E-state index >= 15 is 0 Å². The zero-order valence-corrected chi connectivity index (χ0v) is 25.0. The number of hydrogen-bond acceptors (Lipinski definition) is 6. The monoisotopic (exact) mass is 626 g/mol. The van der Waals surface area contributed by atoms with Gasteiger partial charge in [0.05, 0.1) is 12.2 Å². The maximum absolute atomic E-state index is 13.8. The molecule has 220 valence electrons. The lowest BCUT2D eigenvalue weighted by Gasteiger charge is -2.08. The van der Waals surface area contributed by atoms with E-state index in [0.29, 0.717) is 32.8 Å². The van der Waals surface area contributed by atoms with Crippen LogP contribution in [0.25, 0.3) is 33.0 Å². The normalized spacial score (nSPS) is 12.1. The van der Waals surface area contributed by atoms with E-state index in [1.54, 1.807) is 49.3 Å². The molecule has 44 heavy (non-hydrogen) atoms. The lowest BCUT2D eigenvalue weighted by Crippen LogP contribution is -2.39. The van der Waals surface area contributed by atoms with E-state index in [9.17, 15) is 9.59 Å². The quantitative estimate of drug-likeness (QED) is 0.188. The average molecular weight is 627 g/mol. The van der Waals surface area contributed by atoms with Crippen LogP contribution < -0.4 is 11.2 Å². The molecule has 0 saturated heterocycles. The Hall–Kier alpha value is -5.13. The molecule has 0 aliphatic carbocycles. The second-order valence-electron chi connectivity index (χ2n) is 10.3. The Balaban J connectivity index is 1.30. The van der Waals surface area contributed by atoms with Gasteiger partial charge in [0.2, 0.25) is 0 Å². The van der Waals surface area contributed by atoms with Crippen molar-refractivity contribution in [3.05, 3.63) is 127 Å². The minimum Gasteiger partial charge on any atom is -0.389 e. The fourth-order valence-corrected chi connectivity index (χ4v) is 5.84. The second-order valence-corrected chi connectivity index (χ2v) is 11.2. The Morgan fingerprint density at radius 1 is 0.886 bits per heavy atom. The predicted molar refractivity (Wildman–Crippen MR) is 171 cm³/mol. The molecule has 0 radical (unpaired) electrons. The molecular weight excluding hydrogens is 603 g/mol. The molecule has 13 heteroatoms. The number of aromatic nitrogens is 7. The number of nitrogens with zero attached hydrogens (tertiary/aromatic N) is 6. The highest BCUT2D eigenvalue weighted by Gasteiger charge is 2.23. The number of pyridine rings is 1. The molecule has 5 heterocycles. The number of oxime groups is 1. The first-order chi connectivity index (χ1) is 21.3. The highest BCUT2D eigenvalue weighted by atomic mass is 35.5. The Morgan fingerprint density at radius 2 is 1.52 bits per heavy atom. The predicted octanol–water partition coefficient (Wildman–Crippen LogP) is 5.12. The van der Waals surface area contributed by atoms with Crippen LogP contribution in [0.5, 0.6) is 0 Å². The average Bonchev–Trinajstić information content (AvgIpc) is 3.73. The smallest absolute Gasteiger partial charge is 0.332 e. The molecule has 2 aromatic carbocycles. The van der Waals surface area contributed by atoms with Crippen LogP contribution in [0.3, 0.4) is 0 Å².